The highest BCUT2D eigenvalue weighted by Crippen LogP contribution is 2.49. The second-order valence-corrected chi connectivity index (χ2v) is 13.5. The normalized spacial score (nSPS) is 14.4. The van der Waals surface area contributed by atoms with Crippen molar-refractivity contribution in [2.45, 2.75) is 37.5 Å². The van der Waals surface area contributed by atoms with Crippen LogP contribution in [0.2, 0.25) is 5.02 Å². The molecule has 0 saturated carbocycles. The number of hydrogen-bond acceptors (Lipinski definition) is 8. The maximum absolute atomic E-state index is 13.8. The fraction of sp³-hybridized carbons (Fsp3) is 0.278. The van der Waals surface area contributed by atoms with E-state index in [2.05, 4.69) is 0 Å². The van der Waals surface area contributed by atoms with Gasteiger partial charge in [-0.2, -0.15) is 43.9 Å². The third-order valence-electron chi connectivity index (χ3n) is 4.78. The minimum atomic E-state index is -6.92. The van der Waals surface area contributed by atoms with E-state index in [1.165, 1.54) is 0 Å². The molecule has 0 fully saturated rings. The van der Waals surface area contributed by atoms with Crippen molar-refractivity contribution in [3.05, 3.63) is 51.5 Å². The van der Waals surface area contributed by atoms with Crippen LogP contribution in [0.15, 0.2) is 51.1 Å². The number of amides is 1. The monoisotopic (exact) mass is 702 g/mol. The lowest BCUT2D eigenvalue weighted by atomic mass is 10.3. The molecule has 0 heterocycles. The molecular formula is C18H9ClF10N2O8S3. The Hall–Kier alpha value is -3.05. The van der Waals surface area contributed by atoms with Crippen LogP contribution in [0.1, 0.15) is 0 Å². The van der Waals surface area contributed by atoms with E-state index in [9.17, 15) is 79.9 Å². The number of nitrogens with one attached hydrogen (secondary N) is 1. The number of carbonyl (C=O) groups excluding carboxylic acids is 1. The predicted octanol–water partition coefficient (Wildman–Crippen LogP) is 4.85. The first-order valence-electron chi connectivity index (χ1n) is 9.84. The number of anilines is 1. The maximum atomic E-state index is 13.8. The highest BCUT2D eigenvalue weighted by Gasteiger charge is 2.76. The second-order valence-electron chi connectivity index (χ2n) is 7.64. The van der Waals surface area contributed by atoms with Crippen LogP contribution in [-0.4, -0.2) is 60.5 Å². The van der Waals surface area contributed by atoms with E-state index >= 15 is 0 Å². The van der Waals surface area contributed by atoms with E-state index in [0.29, 0.717) is 12.1 Å². The highest BCUT2D eigenvalue weighted by atomic mass is 35.5. The van der Waals surface area contributed by atoms with Crippen molar-refractivity contribution in [3.8, 4) is 0 Å². The Labute approximate surface area is 234 Å². The molecule has 234 valence electrons. The summed E-state index contributed by atoms with van der Waals surface area (Å²) in [7, 11) is -15.9. The number of alkyl halides is 10. The first-order valence-corrected chi connectivity index (χ1v) is 14.5. The zero-order chi connectivity index (χ0) is 32.9. The lowest BCUT2D eigenvalue weighted by Crippen LogP contribution is -2.54. The Morgan fingerprint density at radius 1 is 0.929 bits per heavy atom. The molecule has 0 bridgehead atoms. The van der Waals surface area contributed by atoms with Crippen LogP contribution in [0, 0.1) is 10.1 Å². The summed E-state index contributed by atoms with van der Waals surface area (Å²) in [6.45, 7) is 0. The molecule has 42 heavy (non-hydrogen) atoms. The summed E-state index contributed by atoms with van der Waals surface area (Å²) in [4.78, 5) is 17.3. The van der Waals surface area contributed by atoms with Crippen molar-refractivity contribution in [1.29, 1.82) is 0 Å². The molecular weight excluding hydrogens is 694 g/mol. The van der Waals surface area contributed by atoms with Crippen LogP contribution >= 0.6 is 11.6 Å². The molecule has 0 saturated heterocycles. The molecule has 2 rings (SSSR count). The molecule has 0 radical (unpaired) electrons. The average molecular weight is 703 g/mol. The summed E-state index contributed by atoms with van der Waals surface area (Å²) >= 11 is 5.66. The summed E-state index contributed by atoms with van der Waals surface area (Å²) in [6, 6.07) is 0.811. The average Bonchev–Trinajstić information content (AvgIpc) is 2.82. The molecule has 0 aromatic heterocycles. The van der Waals surface area contributed by atoms with E-state index in [4.69, 9.17) is 11.6 Å². The van der Waals surface area contributed by atoms with Gasteiger partial charge in [-0.15, -0.1) is 0 Å². The van der Waals surface area contributed by atoms with Gasteiger partial charge in [0.2, 0.25) is 5.91 Å². The Balaban J connectivity index is 2.46. The molecule has 0 aliphatic carbocycles. The standard InChI is InChI=1S/C18H9ClF10N2O8S3/c19-10-3-2-9(42(38,39)18(27,28)29)6-11(10)30-14(32)7-41(36,37)13-4-1-8(5-12(13)31(33)34)40(35)17(25,26)15(20,21)16(22,23)24/h1-6H,7H2,(H,30,32). The Morgan fingerprint density at radius 3 is 1.95 bits per heavy atom. The van der Waals surface area contributed by atoms with E-state index in [1.54, 1.807) is 5.32 Å². The SMILES string of the molecule is O=C(CS(=O)(=O)c1ccc(S(=O)C(F)(F)C(F)(F)C(F)(F)F)cc1[N+](=O)[O-])Nc1cc(S(=O)(=O)C(F)(F)F)ccc1Cl. The predicted molar refractivity (Wildman–Crippen MR) is 121 cm³/mol. The van der Waals surface area contributed by atoms with Gasteiger partial charge in [0.25, 0.3) is 15.5 Å². The molecule has 0 aliphatic rings. The molecule has 1 atom stereocenters. The van der Waals surface area contributed by atoms with Gasteiger partial charge in [0, 0.05) is 6.07 Å². The second kappa shape index (κ2) is 11.2. The molecule has 24 heteroatoms. The van der Waals surface area contributed by atoms with Crippen LogP contribution in [0.3, 0.4) is 0 Å². The van der Waals surface area contributed by atoms with Crippen molar-refractivity contribution in [3.63, 3.8) is 0 Å². The largest absolute Gasteiger partial charge is 0.501 e. The molecule has 10 nitrogen and oxygen atoms in total. The van der Waals surface area contributed by atoms with Crippen LogP contribution in [0.25, 0.3) is 0 Å². The topological polar surface area (TPSA) is 158 Å². The molecule has 2 aromatic rings. The summed E-state index contributed by atoms with van der Waals surface area (Å²) < 4.78 is 190. The number of sulfone groups is 2. The smallest absolute Gasteiger partial charge is 0.324 e. The molecule has 1 amide bonds. The molecule has 1 N–H and O–H groups in total. The van der Waals surface area contributed by atoms with Gasteiger partial charge in [0.05, 0.1) is 25.4 Å². The lowest BCUT2D eigenvalue weighted by molar-refractivity contribution is -0.388. The van der Waals surface area contributed by atoms with Crippen molar-refractivity contribution >= 4 is 59.4 Å². The van der Waals surface area contributed by atoms with Crippen molar-refractivity contribution in [1.82, 2.24) is 0 Å². The summed E-state index contributed by atoms with van der Waals surface area (Å²) in [6.07, 6.45) is -6.92. The van der Waals surface area contributed by atoms with Gasteiger partial charge >= 0.3 is 22.9 Å². The van der Waals surface area contributed by atoms with E-state index < -0.39 is 101 Å². The summed E-state index contributed by atoms with van der Waals surface area (Å²) in [5.41, 5.74) is -8.47. The number of nitrogens with zero attached hydrogens (tertiary/aromatic N) is 1. The van der Waals surface area contributed by atoms with Gasteiger partial charge < -0.3 is 5.32 Å². The van der Waals surface area contributed by atoms with Gasteiger partial charge in [-0.25, -0.2) is 21.0 Å². The first-order chi connectivity index (χ1) is 18.7. The Morgan fingerprint density at radius 2 is 1.48 bits per heavy atom. The third-order valence-corrected chi connectivity index (χ3v) is 9.65. The molecule has 0 aliphatic heterocycles. The molecule has 2 aromatic carbocycles. The Kier molecular flexibility index (Phi) is 9.39. The van der Waals surface area contributed by atoms with Gasteiger partial charge in [-0.05, 0) is 30.3 Å². The zero-order valence-electron chi connectivity index (χ0n) is 19.3. The maximum Gasteiger partial charge on any atom is 0.501 e. The zero-order valence-corrected chi connectivity index (χ0v) is 22.5. The van der Waals surface area contributed by atoms with E-state index in [0.717, 1.165) is 0 Å². The number of benzene rings is 2. The third kappa shape index (κ3) is 6.62. The van der Waals surface area contributed by atoms with Crippen molar-refractivity contribution < 1.29 is 74.7 Å². The number of carbonyl (C=O) groups is 1. The minimum Gasteiger partial charge on any atom is -0.324 e. The molecule has 1 unspecified atom stereocenters. The van der Waals surface area contributed by atoms with Crippen molar-refractivity contribution in [2.75, 3.05) is 11.1 Å². The fourth-order valence-electron chi connectivity index (χ4n) is 2.79. The van der Waals surface area contributed by atoms with Crippen LogP contribution < -0.4 is 5.32 Å². The minimum absolute atomic E-state index is 0.000697. The number of hydrogen-bond donors (Lipinski definition) is 1. The quantitative estimate of drug-likeness (QED) is 0.221. The van der Waals surface area contributed by atoms with E-state index in [-0.39, 0.29) is 24.3 Å². The number of rotatable bonds is 9. The van der Waals surface area contributed by atoms with Crippen LogP contribution in [-0.2, 0) is 35.3 Å². The van der Waals surface area contributed by atoms with Crippen LogP contribution in [0.5, 0.6) is 0 Å². The lowest BCUT2D eigenvalue weighted by Gasteiger charge is -2.27. The van der Waals surface area contributed by atoms with E-state index in [1.807, 2.05) is 0 Å². The van der Waals surface area contributed by atoms with Crippen LogP contribution in [0.4, 0.5) is 55.3 Å². The Bertz CT molecular complexity index is 1680. The van der Waals surface area contributed by atoms with Gasteiger partial charge in [-0.3, -0.25) is 14.9 Å². The van der Waals surface area contributed by atoms with Gasteiger partial charge in [0.15, 0.2) is 9.84 Å². The number of halogens is 11. The number of nitro groups is 1. The van der Waals surface area contributed by atoms with Gasteiger partial charge in [-0.1, -0.05) is 11.6 Å². The molecule has 0 spiro atoms. The first kappa shape index (κ1) is 35.1. The summed E-state index contributed by atoms with van der Waals surface area (Å²) in [5.74, 6) is -10.4. The van der Waals surface area contributed by atoms with Gasteiger partial charge in [0.1, 0.15) is 21.4 Å². The van der Waals surface area contributed by atoms with Crippen molar-refractivity contribution in [2.24, 2.45) is 0 Å². The highest BCUT2D eigenvalue weighted by molar-refractivity contribution is 7.92. The summed E-state index contributed by atoms with van der Waals surface area (Å²) in [5, 5.41) is 5.97. The number of nitro benzene ring substituents is 1. The fourth-order valence-corrected chi connectivity index (χ4v) is 6.09.